The van der Waals surface area contributed by atoms with E-state index in [0.717, 1.165) is 24.5 Å². The van der Waals surface area contributed by atoms with Gasteiger partial charge in [0.1, 0.15) is 11.9 Å². The molecule has 5 nitrogen and oxygen atoms in total. The number of carbonyl (C=O) groups is 1. The molecule has 1 unspecified atom stereocenters. The molecule has 3 N–H and O–H groups in total. The fourth-order valence-electron chi connectivity index (χ4n) is 1.90. The van der Waals surface area contributed by atoms with Crippen molar-refractivity contribution in [1.29, 1.82) is 0 Å². The summed E-state index contributed by atoms with van der Waals surface area (Å²) < 4.78 is 11.0. The number of hydrogen-bond acceptors (Lipinski definition) is 4. The summed E-state index contributed by atoms with van der Waals surface area (Å²) in [4.78, 5) is 11.5. The Labute approximate surface area is 113 Å². The van der Waals surface area contributed by atoms with Gasteiger partial charge in [0.05, 0.1) is 13.2 Å². The van der Waals surface area contributed by atoms with E-state index in [-0.39, 0.29) is 12.0 Å². The first-order valence-corrected chi connectivity index (χ1v) is 6.62. The predicted molar refractivity (Wildman–Crippen MR) is 73.2 cm³/mol. The van der Waals surface area contributed by atoms with Gasteiger partial charge in [-0.1, -0.05) is 0 Å². The molecule has 0 aromatic heterocycles. The third-order valence-corrected chi connectivity index (χ3v) is 2.94. The molecule has 104 valence electrons. The first-order valence-electron chi connectivity index (χ1n) is 6.62. The monoisotopic (exact) mass is 264 g/mol. The average Bonchev–Trinajstić information content (AvgIpc) is 2.91. The molecule has 1 aliphatic rings. The van der Waals surface area contributed by atoms with Gasteiger partial charge in [0, 0.05) is 18.5 Å². The highest BCUT2D eigenvalue weighted by Gasteiger charge is 2.16. The number of benzene rings is 1. The second-order valence-electron chi connectivity index (χ2n) is 4.57. The van der Waals surface area contributed by atoms with Crippen LogP contribution in [0.25, 0.3) is 0 Å². The Morgan fingerprint density at radius 3 is 2.84 bits per heavy atom. The lowest BCUT2D eigenvalue weighted by atomic mass is 10.2. The lowest BCUT2D eigenvalue weighted by molar-refractivity contribution is -0.116. The van der Waals surface area contributed by atoms with Crippen molar-refractivity contribution >= 4 is 11.6 Å². The average molecular weight is 264 g/mol. The van der Waals surface area contributed by atoms with Crippen LogP contribution in [0.1, 0.15) is 19.3 Å². The summed E-state index contributed by atoms with van der Waals surface area (Å²) in [5.74, 6) is 0.791. The minimum absolute atomic E-state index is 0.0108. The van der Waals surface area contributed by atoms with Crippen LogP contribution in [0.15, 0.2) is 24.3 Å². The predicted octanol–water partition coefficient (Wildman–Crippen LogP) is 1.53. The molecule has 1 amide bonds. The Morgan fingerprint density at radius 2 is 2.21 bits per heavy atom. The maximum Gasteiger partial charge on any atom is 0.224 e. The smallest absolute Gasteiger partial charge is 0.224 e. The van der Waals surface area contributed by atoms with E-state index in [1.807, 2.05) is 24.3 Å². The number of anilines is 1. The molecule has 2 rings (SSSR count). The van der Waals surface area contributed by atoms with E-state index in [1.54, 1.807) is 0 Å². The van der Waals surface area contributed by atoms with Gasteiger partial charge in [0.15, 0.2) is 0 Å². The minimum atomic E-state index is -0.0108. The van der Waals surface area contributed by atoms with E-state index in [0.29, 0.717) is 26.0 Å². The Morgan fingerprint density at radius 1 is 1.42 bits per heavy atom. The molecule has 5 heteroatoms. The maximum atomic E-state index is 11.5. The van der Waals surface area contributed by atoms with Crippen LogP contribution in [0.4, 0.5) is 5.69 Å². The molecular weight excluding hydrogens is 244 g/mol. The lowest BCUT2D eigenvalue weighted by Gasteiger charge is -2.12. The van der Waals surface area contributed by atoms with Crippen LogP contribution in [0.2, 0.25) is 0 Å². The normalized spacial score (nSPS) is 18.3. The van der Waals surface area contributed by atoms with Crippen LogP contribution in [0, 0.1) is 0 Å². The number of nitrogens with two attached hydrogens (primary N) is 1. The zero-order valence-electron chi connectivity index (χ0n) is 10.9. The first kappa shape index (κ1) is 13.8. The van der Waals surface area contributed by atoms with Gasteiger partial charge >= 0.3 is 0 Å². The molecule has 1 heterocycles. The molecule has 0 spiro atoms. The molecule has 1 aromatic rings. The molecular formula is C14H20N2O3. The fraction of sp³-hybridized carbons (Fsp3) is 0.500. The van der Waals surface area contributed by atoms with E-state index in [2.05, 4.69) is 5.32 Å². The van der Waals surface area contributed by atoms with E-state index < -0.39 is 0 Å². The van der Waals surface area contributed by atoms with Crippen molar-refractivity contribution in [2.45, 2.75) is 25.4 Å². The molecule has 1 saturated heterocycles. The van der Waals surface area contributed by atoms with Gasteiger partial charge in [-0.2, -0.15) is 0 Å². The van der Waals surface area contributed by atoms with Gasteiger partial charge in [-0.3, -0.25) is 4.79 Å². The maximum absolute atomic E-state index is 11.5. The van der Waals surface area contributed by atoms with Crippen molar-refractivity contribution in [2.75, 3.05) is 25.1 Å². The van der Waals surface area contributed by atoms with Crippen molar-refractivity contribution in [3.05, 3.63) is 24.3 Å². The minimum Gasteiger partial charge on any atom is -0.488 e. The van der Waals surface area contributed by atoms with Crippen LogP contribution in [-0.4, -0.2) is 31.8 Å². The number of hydrogen-bond donors (Lipinski definition) is 2. The molecule has 0 aliphatic carbocycles. The summed E-state index contributed by atoms with van der Waals surface area (Å²) in [6.45, 7) is 1.95. The van der Waals surface area contributed by atoms with Crippen LogP contribution in [0.5, 0.6) is 5.75 Å². The van der Waals surface area contributed by atoms with Gasteiger partial charge in [-0.05, 0) is 37.2 Å². The Balaban J connectivity index is 1.82. The summed E-state index contributed by atoms with van der Waals surface area (Å²) in [6.07, 6.45) is 2.23. The second-order valence-corrected chi connectivity index (χ2v) is 4.57. The fourth-order valence-corrected chi connectivity index (χ4v) is 1.90. The molecule has 1 fully saturated rings. The summed E-state index contributed by atoms with van der Waals surface area (Å²) in [6, 6.07) is 7.39. The SMILES string of the molecule is NCCCC(=O)Nc1ccc(OC2CCOC2)cc1. The molecule has 0 saturated carbocycles. The Hall–Kier alpha value is -1.59. The largest absolute Gasteiger partial charge is 0.488 e. The van der Waals surface area contributed by atoms with Crippen molar-refractivity contribution in [3.8, 4) is 5.75 Å². The lowest BCUT2D eigenvalue weighted by Crippen LogP contribution is -2.16. The zero-order chi connectivity index (χ0) is 13.5. The number of carbonyl (C=O) groups excluding carboxylic acids is 1. The molecule has 1 atom stereocenters. The third-order valence-electron chi connectivity index (χ3n) is 2.94. The Kier molecular flexibility index (Phi) is 5.18. The quantitative estimate of drug-likeness (QED) is 0.817. The van der Waals surface area contributed by atoms with Crippen LogP contribution >= 0.6 is 0 Å². The third kappa shape index (κ3) is 4.54. The van der Waals surface area contributed by atoms with Gasteiger partial charge in [0.25, 0.3) is 0 Å². The van der Waals surface area contributed by atoms with Crippen molar-refractivity contribution in [3.63, 3.8) is 0 Å². The van der Waals surface area contributed by atoms with Crippen molar-refractivity contribution in [2.24, 2.45) is 5.73 Å². The van der Waals surface area contributed by atoms with Crippen molar-refractivity contribution in [1.82, 2.24) is 0 Å². The number of nitrogens with one attached hydrogen (secondary N) is 1. The highest BCUT2D eigenvalue weighted by atomic mass is 16.5. The molecule has 1 aromatic carbocycles. The second kappa shape index (κ2) is 7.11. The summed E-state index contributed by atoms with van der Waals surface area (Å²) >= 11 is 0. The topological polar surface area (TPSA) is 73.6 Å². The summed E-state index contributed by atoms with van der Waals surface area (Å²) in [7, 11) is 0. The zero-order valence-corrected chi connectivity index (χ0v) is 10.9. The standard InChI is InChI=1S/C14H20N2O3/c15-8-1-2-14(17)16-11-3-5-12(6-4-11)19-13-7-9-18-10-13/h3-6,13H,1-2,7-10,15H2,(H,16,17). The van der Waals surface area contributed by atoms with E-state index in [1.165, 1.54) is 0 Å². The van der Waals surface area contributed by atoms with Gasteiger partial charge in [-0.25, -0.2) is 0 Å². The summed E-state index contributed by atoms with van der Waals surface area (Å²) in [5, 5.41) is 2.82. The molecule has 0 radical (unpaired) electrons. The van der Waals surface area contributed by atoms with E-state index >= 15 is 0 Å². The van der Waals surface area contributed by atoms with Gasteiger partial charge < -0.3 is 20.5 Å². The van der Waals surface area contributed by atoms with Crippen molar-refractivity contribution < 1.29 is 14.3 Å². The highest BCUT2D eigenvalue weighted by Crippen LogP contribution is 2.19. The highest BCUT2D eigenvalue weighted by molar-refractivity contribution is 5.90. The molecule has 0 bridgehead atoms. The van der Waals surface area contributed by atoms with E-state index in [9.17, 15) is 4.79 Å². The Bertz CT molecular complexity index is 400. The molecule has 1 aliphatic heterocycles. The van der Waals surface area contributed by atoms with Crippen LogP contribution in [0.3, 0.4) is 0 Å². The summed E-state index contributed by atoms with van der Waals surface area (Å²) in [5.41, 5.74) is 6.14. The number of ether oxygens (including phenoxy) is 2. The number of amides is 1. The van der Waals surface area contributed by atoms with Crippen LogP contribution < -0.4 is 15.8 Å². The molecule has 19 heavy (non-hydrogen) atoms. The number of rotatable bonds is 6. The van der Waals surface area contributed by atoms with Crippen LogP contribution in [-0.2, 0) is 9.53 Å². The van der Waals surface area contributed by atoms with Gasteiger partial charge in [0.2, 0.25) is 5.91 Å². The first-order chi connectivity index (χ1) is 9.28. The van der Waals surface area contributed by atoms with Gasteiger partial charge in [-0.15, -0.1) is 0 Å². The van der Waals surface area contributed by atoms with E-state index in [4.69, 9.17) is 15.2 Å².